The summed E-state index contributed by atoms with van der Waals surface area (Å²) in [6.45, 7) is 0. The van der Waals surface area contributed by atoms with E-state index in [-0.39, 0.29) is 0 Å². The van der Waals surface area contributed by atoms with Crippen molar-refractivity contribution in [2.75, 3.05) is 9.80 Å². The summed E-state index contributed by atoms with van der Waals surface area (Å²) in [6.07, 6.45) is 17.3. The number of hydrogen-bond donors (Lipinski definition) is 0. The number of benzene rings is 10. The molecule has 0 saturated carbocycles. The molecule has 0 saturated heterocycles. The van der Waals surface area contributed by atoms with Crippen molar-refractivity contribution in [2.45, 2.75) is 12.8 Å². The second-order valence-corrected chi connectivity index (χ2v) is 17.5. The lowest BCUT2D eigenvalue weighted by Gasteiger charge is -2.34. The van der Waals surface area contributed by atoms with Crippen molar-refractivity contribution >= 4 is 72.0 Å². The van der Waals surface area contributed by atoms with Gasteiger partial charge in [0.15, 0.2) is 23.0 Å². The molecule has 2 heterocycles. The minimum atomic E-state index is 0.753. The number of hydrogen-bond acceptors (Lipinski definition) is 4. The maximum Gasteiger partial charge on any atom is 0.151 e. The van der Waals surface area contributed by atoms with Gasteiger partial charge in [-0.25, -0.2) is 0 Å². The number of allylic oxidation sites excluding steroid dienone is 8. The third-order valence-corrected chi connectivity index (χ3v) is 13.5. The zero-order chi connectivity index (χ0) is 45.0. The van der Waals surface area contributed by atoms with Crippen LogP contribution in [0.1, 0.15) is 18.4 Å². The number of para-hydroxylation sites is 8. The maximum atomic E-state index is 6.54. The molecule has 10 aromatic rings. The first-order valence-corrected chi connectivity index (χ1v) is 23.4. The fourth-order valence-electron chi connectivity index (χ4n) is 10.4. The zero-order valence-electron chi connectivity index (χ0n) is 37.2. The van der Waals surface area contributed by atoms with Gasteiger partial charge in [0.2, 0.25) is 0 Å². The third kappa shape index (κ3) is 6.68. The van der Waals surface area contributed by atoms with Gasteiger partial charge >= 0.3 is 0 Å². The third-order valence-electron chi connectivity index (χ3n) is 13.5. The number of fused-ring (bicyclic) bond motifs is 7. The van der Waals surface area contributed by atoms with E-state index in [9.17, 15) is 0 Å². The van der Waals surface area contributed by atoms with Crippen molar-refractivity contribution in [3.05, 3.63) is 248 Å². The molecule has 0 fully saturated rings. The maximum absolute atomic E-state index is 6.54. The van der Waals surface area contributed by atoms with Crippen LogP contribution in [0.4, 0.5) is 34.1 Å². The van der Waals surface area contributed by atoms with Gasteiger partial charge in [-0.15, -0.1) is 0 Å². The van der Waals surface area contributed by atoms with E-state index in [2.05, 4.69) is 228 Å². The first-order valence-electron chi connectivity index (χ1n) is 23.4. The van der Waals surface area contributed by atoms with Gasteiger partial charge < -0.3 is 19.3 Å². The normalized spacial score (nSPS) is 15.1. The fourth-order valence-corrected chi connectivity index (χ4v) is 10.4. The second-order valence-electron chi connectivity index (χ2n) is 17.5. The summed E-state index contributed by atoms with van der Waals surface area (Å²) in [4.78, 5) is 4.71. The van der Waals surface area contributed by atoms with Crippen LogP contribution in [0.3, 0.4) is 0 Å². The van der Waals surface area contributed by atoms with Crippen LogP contribution in [-0.4, -0.2) is 0 Å². The molecule has 13 rings (SSSR count). The van der Waals surface area contributed by atoms with Gasteiger partial charge in [-0.2, -0.15) is 0 Å². The average Bonchev–Trinajstić information content (AvgIpc) is 3.40. The quantitative estimate of drug-likeness (QED) is 0.161. The Kier molecular flexibility index (Phi) is 9.61. The van der Waals surface area contributed by atoms with Crippen LogP contribution in [0.2, 0.25) is 0 Å². The zero-order valence-corrected chi connectivity index (χ0v) is 37.2. The molecule has 4 nitrogen and oxygen atoms in total. The summed E-state index contributed by atoms with van der Waals surface area (Å²) in [5.41, 5.74) is 13.3. The van der Waals surface area contributed by atoms with E-state index in [0.29, 0.717) is 0 Å². The number of nitrogens with zero attached hydrogens (tertiary/aromatic N) is 2. The molecule has 0 bridgehead atoms. The Morgan fingerprint density at radius 1 is 0.353 bits per heavy atom. The van der Waals surface area contributed by atoms with Gasteiger partial charge in [0.25, 0.3) is 0 Å². The van der Waals surface area contributed by atoms with Crippen molar-refractivity contribution in [3.63, 3.8) is 0 Å². The first kappa shape index (κ1) is 39.5. The Morgan fingerprint density at radius 2 is 0.809 bits per heavy atom. The predicted molar refractivity (Wildman–Crippen MR) is 284 cm³/mol. The highest BCUT2D eigenvalue weighted by Crippen LogP contribution is 2.55. The molecule has 1 aliphatic carbocycles. The Morgan fingerprint density at radius 3 is 1.38 bits per heavy atom. The van der Waals surface area contributed by atoms with Crippen molar-refractivity contribution in [1.82, 2.24) is 0 Å². The van der Waals surface area contributed by atoms with E-state index in [1.54, 1.807) is 0 Å². The summed E-state index contributed by atoms with van der Waals surface area (Å²) in [5, 5.41) is 7.09. The lowest BCUT2D eigenvalue weighted by molar-refractivity contribution is 0.477. The number of ether oxygens (including phenoxy) is 2. The average molecular weight is 873 g/mol. The minimum absolute atomic E-state index is 0.753. The SMILES string of the molecule is C1=CC/C=C\C=C(\c2c3cc(N4c5ccccc5Oc5ccccc54)ccc3c(-c3cc4ccccc4cc3-c3ccccc3)c3cc(N4c5ccccc5Oc5ccccc54)ccc23)CC=C1. The number of rotatable bonds is 5. The Bertz CT molecular complexity index is 3680. The van der Waals surface area contributed by atoms with Crippen LogP contribution >= 0.6 is 0 Å². The van der Waals surface area contributed by atoms with Gasteiger partial charge in [-0.1, -0.05) is 158 Å². The van der Waals surface area contributed by atoms with Crippen LogP contribution < -0.4 is 19.3 Å². The van der Waals surface area contributed by atoms with E-state index >= 15 is 0 Å². The molecular weight excluding hydrogens is 829 g/mol. The van der Waals surface area contributed by atoms with Crippen LogP contribution in [0.15, 0.2) is 243 Å². The highest BCUT2D eigenvalue weighted by Gasteiger charge is 2.30. The van der Waals surface area contributed by atoms with E-state index in [0.717, 1.165) is 70.0 Å². The summed E-state index contributed by atoms with van der Waals surface area (Å²) < 4.78 is 13.1. The standard InChI is InChI=1S/C64H44N2O2/c1-2-4-7-23-44(24-8-5-3-1)63-49-37-35-48(66-57-29-15-19-33-61(57)68-62-34-20-16-30-58(62)66)42-54(49)64(52-40-46-26-12-11-25-45(46)39-51(52)43-21-9-6-10-22-43)50-38-36-47(41-53(50)63)65-55-27-13-17-31-59(55)67-60-32-18-14-28-56(60)65/h1-2,4-22,24-42H,3,23H2/b2-1?,7-4?,8-5-,44-24+. The predicted octanol–water partition coefficient (Wildman–Crippen LogP) is 18.5. The van der Waals surface area contributed by atoms with Crippen molar-refractivity contribution < 1.29 is 9.47 Å². The van der Waals surface area contributed by atoms with E-state index in [1.165, 1.54) is 65.7 Å². The molecule has 0 unspecified atom stereocenters. The summed E-state index contributed by atoms with van der Waals surface area (Å²) in [6, 6.07) is 72.0. The molecule has 2 aliphatic heterocycles. The van der Waals surface area contributed by atoms with Gasteiger partial charge in [-0.3, -0.25) is 0 Å². The first-order chi connectivity index (χ1) is 33.7. The summed E-state index contributed by atoms with van der Waals surface area (Å²) in [7, 11) is 0. The second kappa shape index (κ2) is 16.5. The van der Waals surface area contributed by atoms with Crippen LogP contribution in [0.25, 0.3) is 60.1 Å². The Hall–Kier alpha value is -8.86. The molecule has 0 N–H and O–H groups in total. The summed E-state index contributed by atoms with van der Waals surface area (Å²) >= 11 is 0. The topological polar surface area (TPSA) is 24.9 Å². The molecule has 0 aromatic heterocycles. The molecule has 0 amide bonds. The van der Waals surface area contributed by atoms with Crippen molar-refractivity contribution in [1.29, 1.82) is 0 Å². The monoisotopic (exact) mass is 872 g/mol. The molecule has 322 valence electrons. The van der Waals surface area contributed by atoms with Gasteiger partial charge in [0, 0.05) is 11.4 Å². The van der Waals surface area contributed by atoms with E-state index < -0.39 is 0 Å². The lowest BCUT2D eigenvalue weighted by atomic mass is 9.82. The van der Waals surface area contributed by atoms with Crippen molar-refractivity contribution in [3.8, 4) is 45.3 Å². The molecule has 68 heavy (non-hydrogen) atoms. The highest BCUT2D eigenvalue weighted by molar-refractivity contribution is 6.22. The van der Waals surface area contributed by atoms with Gasteiger partial charge in [0.1, 0.15) is 0 Å². The van der Waals surface area contributed by atoms with Crippen LogP contribution in [-0.2, 0) is 0 Å². The molecule has 4 heteroatoms. The molecule has 0 radical (unpaired) electrons. The van der Waals surface area contributed by atoms with Crippen LogP contribution in [0.5, 0.6) is 23.0 Å². The molecular formula is C64H44N2O2. The number of anilines is 6. The van der Waals surface area contributed by atoms with Gasteiger partial charge in [-0.05, 0) is 163 Å². The highest BCUT2D eigenvalue weighted by atomic mass is 16.5. The van der Waals surface area contributed by atoms with E-state index in [1.807, 2.05) is 24.3 Å². The fraction of sp³-hybridized carbons (Fsp3) is 0.0312. The largest absolute Gasteiger partial charge is 0.453 e. The van der Waals surface area contributed by atoms with Crippen molar-refractivity contribution in [2.24, 2.45) is 0 Å². The van der Waals surface area contributed by atoms with E-state index in [4.69, 9.17) is 9.47 Å². The molecule has 3 aliphatic rings. The minimum Gasteiger partial charge on any atom is -0.453 e. The lowest BCUT2D eigenvalue weighted by Crippen LogP contribution is -2.16. The summed E-state index contributed by atoms with van der Waals surface area (Å²) in [5.74, 6) is 3.30. The molecule has 0 atom stereocenters. The molecule has 0 spiro atoms. The molecule has 10 aromatic carbocycles. The smallest absolute Gasteiger partial charge is 0.151 e. The van der Waals surface area contributed by atoms with Gasteiger partial charge in [0.05, 0.1) is 22.7 Å². The Labute approximate surface area is 395 Å². The Balaban J connectivity index is 1.18. The van der Waals surface area contributed by atoms with Crippen LogP contribution in [0, 0.1) is 0 Å².